The third kappa shape index (κ3) is 1.70. The topological polar surface area (TPSA) is 74.3 Å². The van der Waals surface area contributed by atoms with Crippen molar-refractivity contribution in [3.63, 3.8) is 0 Å². The molecule has 1 amide bonds. The number of hydrogen-bond acceptors (Lipinski definition) is 6. The molecule has 0 spiro atoms. The lowest BCUT2D eigenvalue weighted by Gasteiger charge is -2.17. The minimum atomic E-state index is -0.786. The van der Waals surface area contributed by atoms with Crippen LogP contribution in [-0.2, 0) is 9.63 Å². The number of nitrogens with zero attached hydrogens (tertiary/aromatic N) is 1. The summed E-state index contributed by atoms with van der Waals surface area (Å²) < 4.78 is 15.5. The molecule has 0 unspecified atom stereocenters. The highest BCUT2D eigenvalue weighted by Gasteiger charge is 2.41. The molecule has 0 saturated heterocycles. The number of anilines is 1. The molecule has 7 nitrogen and oxygen atoms in total. The summed E-state index contributed by atoms with van der Waals surface area (Å²) in [7, 11) is 5.54. The second kappa shape index (κ2) is 4.77. The quantitative estimate of drug-likeness (QED) is 0.751. The normalized spacial score (nSPS) is 13.6. The SMILES string of the molecule is COc1cc2c(c(OC)c1OC)C(=O)C(=O)N2OC. The summed E-state index contributed by atoms with van der Waals surface area (Å²) >= 11 is 0. The van der Waals surface area contributed by atoms with Gasteiger partial charge in [0.2, 0.25) is 5.75 Å². The summed E-state index contributed by atoms with van der Waals surface area (Å²) in [5, 5.41) is 0.891. The minimum absolute atomic E-state index is 0.104. The van der Waals surface area contributed by atoms with Gasteiger partial charge in [-0.05, 0) is 0 Å². The predicted molar refractivity (Wildman–Crippen MR) is 64.9 cm³/mol. The van der Waals surface area contributed by atoms with Crippen LogP contribution in [0.15, 0.2) is 6.07 Å². The molecule has 0 bridgehead atoms. The zero-order valence-electron chi connectivity index (χ0n) is 11.0. The van der Waals surface area contributed by atoms with Crippen LogP contribution < -0.4 is 19.3 Å². The van der Waals surface area contributed by atoms with Crippen molar-refractivity contribution in [3.05, 3.63) is 11.6 Å². The maximum absolute atomic E-state index is 12.0. The van der Waals surface area contributed by atoms with Crippen LogP contribution in [0, 0.1) is 0 Å². The second-order valence-corrected chi connectivity index (χ2v) is 3.65. The van der Waals surface area contributed by atoms with E-state index in [2.05, 4.69) is 0 Å². The summed E-state index contributed by atoms with van der Waals surface area (Å²) in [6.07, 6.45) is 0. The van der Waals surface area contributed by atoms with Crippen molar-refractivity contribution in [1.29, 1.82) is 0 Å². The van der Waals surface area contributed by atoms with Crippen molar-refractivity contribution in [2.45, 2.75) is 0 Å². The van der Waals surface area contributed by atoms with E-state index in [4.69, 9.17) is 19.0 Å². The van der Waals surface area contributed by atoms with E-state index in [1.54, 1.807) is 0 Å². The molecule has 0 N–H and O–H groups in total. The van der Waals surface area contributed by atoms with Crippen LogP contribution in [0.25, 0.3) is 0 Å². The second-order valence-electron chi connectivity index (χ2n) is 3.65. The Kier molecular flexibility index (Phi) is 3.30. The first-order chi connectivity index (χ1) is 9.10. The van der Waals surface area contributed by atoms with Gasteiger partial charge in [-0.2, -0.15) is 5.06 Å². The molecule has 2 rings (SSSR count). The van der Waals surface area contributed by atoms with Crippen LogP contribution in [-0.4, -0.2) is 40.1 Å². The maximum Gasteiger partial charge on any atom is 0.323 e. The molecule has 0 fully saturated rings. The lowest BCUT2D eigenvalue weighted by molar-refractivity contribution is -0.119. The van der Waals surface area contributed by atoms with Crippen molar-refractivity contribution in [3.8, 4) is 17.2 Å². The molecule has 19 heavy (non-hydrogen) atoms. The van der Waals surface area contributed by atoms with Gasteiger partial charge >= 0.3 is 5.91 Å². The van der Waals surface area contributed by atoms with Gasteiger partial charge in [-0.3, -0.25) is 14.4 Å². The number of ketones is 1. The highest BCUT2D eigenvalue weighted by atomic mass is 16.7. The van der Waals surface area contributed by atoms with Crippen molar-refractivity contribution >= 4 is 17.4 Å². The first-order valence-corrected chi connectivity index (χ1v) is 5.36. The minimum Gasteiger partial charge on any atom is -0.493 e. The Morgan fingerprint density at radius 3 is 2.05 bits per heavy atom. The molecule has 1 aromatic carbocycles. The molecule has 0 aliphatic carbocycles. The van der Waals surface area contributed by atoms with Gasteiger partial charge in [0, 0.05) is 6.07 Å². The van der Waals surface area contributed by atoms with E-state index in [1.807, 2.05) is 0 Å². The number of carbonyl (C=O) groups excluding carboxylic acids is 2. The van der Waals surface area contributed by atoms with Crippen molar-refractivity contribution in [2.75, 3.05) is 33.5 Å². The molecule has 1 heterocycles. The monoisotopic (exact) mass is 267 g/mol. The number of ether oxygens (including phenoxy) is 3. The van der Waals surface area contributed by atoms with Gasteiger partial charge in [-0.25, -0.2) is 0 Å². The molecule has 0 saturated carbocycles. The van der Waals surface area contributed by atoms with Gasteiger partial charge in [0.15, 0.2) is 11.5 Å². The van der Waals surface area contributed by atoms with Gasteiger partial charge in [0.05, 0.1) is 34.1 Å². The first-order valence-electron chi connectivity index (χ1n) is 5.36. The van der Waals surface area contributed by atoms with Gasteiger partial charge < -0.3 is 14.2 Å². The van der Waals surface area contributed by atoms with Gasteiger partial charge in [0.25, 0.3) is 5.78 Å². The number of hydroxylamine groups is 1. The Hall–Kier alpha value is -2.28. The van der Waals surface area contributed by atoms with Crippen LogP contribution in [0.4, 0.5) is 5.69 Å². The average molecular weight is 267 g/mol. The highest BCUT2D eigenvalue weighted by Crippen LogP contribution is 2.47. The van der Waals surface area contributed by atoms with Crippen molar-refractivity contribution in [2.24, 2.45) is 0 Å². The summed E-state index contributed by atoms with van der Waals surface area (Å²) in [4.78, 5) is 28.6. The lowest BCUT2D eigenvalue weighted by Crippen LogP contribution is -2.28. The van der Waals surface area contributed by atoms with Crippen LogP contribution >= 0.6 is 0 Å². The fourth-order valence-electron chi connectivity index (χ4n) is 2.01. The lowest BCUT2D eigenvalue weighted by atomic mass is 10.1. The first kappa shape index (κ1) is 13.2. The fraction of sp³-hybridized carbons (Fsp3) is 0.333. The Balaban J connectivity index is 2.78. The van der Waals surface area contributed by atoms with E-state index in [0.29, 0.717) is 5.75 Å². The van der Waals surface area contributed by atoms with E-state index in [9.17, 15) is 9.59 Å². The molecule has 1 aliphatic rings. The Morgan fingerprint density at radius 2 is 1.58 bits per heavy atom. The number of fused-ring (bicyclic) bond motifs is 1. The van der Waals surface area contributed by atoms with Crippen molar-refractivity contribution in [1.82, 2.24) is 0 Å². The Bertz CT molecular complexity index is 554. The summed E-state index contributed by atoms with van der Waals surface area (Å²) in [6.45, 7) is 0. The Morgan fingerprint density at radius 1 is 0.947 bits per heavy atom. The number of Topliss-reactive ketones (excluding diaryl/α,β-unsaturated/α-hetero) is 1. The average Bonchev–Trinajstić information content (AvgIpc) is 2.68. The number of rotatable bonds is 4. The van der Waals surface area contributed by atoms with E-state index >= 15 is 0 Å². The largest absolute Gasteiger partial charge is 0.493 e. The van der Waals surface area contributed by atoms with Crippen LogP contribution in [0.3, 0.4) is 0 Å². The molecule has 0 atom stereocenters. The number of amides is 1. The zero-order chi connectivity index (χ0) is 14.2. The fourth-order valence-corrected chi connectivity index (χ4v) is 2.01. The van der Waals surface area contributed by atoms with Crippen molar-refractivity contribution < 1.29 is 28.6 Å². The predicted octanol–water partition coefficient (Wildman–Crippen LogP) is 0.803. The molecule has 102 valence electrons. The number of methoxy groups -OCH3 is 3. The maximum atomic E-state index is 12.0. The third-order valence-corrected chi connectivity index (χ3v) is 2.82. The summed E-state index contributed by atoms with van der Waals surface area (Å²) in [5.41, 5.74) is 0.374. The zero-order valence-corrected chi connectivity index (χ0v) is 11.0. The van der Waals surface area contributed by atoms with Crippen LogP contribution in [0.5, 0.6) is 17.2 Å². The van der Waals surface area contributed by atoms with Gasteiger partial charge in [-0.15, -0.1) is 0 Å². The number of benzene rings is 1. The summed E-state index contributed by atoms with van der Waals surface area (Å²) in [6, 6.07) is 1.49. The highest BCUT2D eigenvalue weighted by molar-refractivity contribution is 6.52. The molecular formula is C12H13NO6. The number of hydrogen-bond donors (Lipinski definition) is 0. The molecule has 1 aliphatic heterocycles. The van der Waals surface area contributed by atoms with Gasteiger partial charge in [0.1, 0.15) is 5.56 Å². The molecule has 7 heteroatoms. The van der Waals surface area contributed by atoms with Gasteiger partial charge in [-0.1, -0.05) is 0 Å². The molecule has 0 radical (unpaired) electrons. The third-order valence-electron chi connectivity index (χ3n) is 2.82. The van der Waals surface area contributed by atoms with E-state index in [1.165, 1.54) is 34.5 Å². The van der Waals surface area contributed by atoms with Crippen LogP contribution in [0.1, 0.15) is 10.4 Å². The standard InChI is InChI=1S/C12H13NO6/c1-16-7-5-6-8(11(18-3)10(7)17-2)9(14)12(15)13(6)19-4/h5H,1-4H3. The molecule has 0 aromatic heterocycles. The molecular weight excluding hydrogens is 254 g/mol. The number of carbonyl (C=O) groups is 2. The smallest absolute Gasteiger partial charge is 0.323 e. The van der Waals surface area contributed by atoms with E-state index in [0.717, 1.165) is 5.06 Å². The molecule has 1 aromatic rings. The van der Waals surface area contributed by atoms with E-state index in [-0.39, 0.29) is 22.7 Å². The van der Waals surface area contributed by atoms with E-state index < -0.39 is 11.7 Å². The summed E-state index contributed by atoms with van der Waals surface area (Å²) in [5.74, 6) is -0.763. The van der Waals surface area contributed by atoms with Crippen LogP contribution in [0.2, 0.25) is 0 Å². The Labute approximate surface area is 109 Å².